The van der Waals surface area contributed by atoms with E-state index in [2.05, 4.69) is 0 Å². The lowest BCUT2D eigenvalue weighted by Crippen LogP contribution is -2.73. The molecule has 4 rings (SSSR count). The molecule has 1 heterocycles. The molecule has 1 saturated heterocycles. The molecule has 1 N–H and O–H groups in total. The molecular weight excluding hydrogens is 564 g/mol. The minimum Gasteiger partial charge on any atom is -0.480 e. The minimum atomic E-state index is -3.28. The maximum absolute atomic E-state index is 13.6. The van der Waals surface area contributed by atoms with Crippen molar-refractivity contribution < 1.29 is 33.4 Å². The number of aliphatic carboxylic acids is 1. The third-order valence-corrected chi connectivity index (χ3v) is 10.9. The van der Waals surface area contributed by atoms with E-state index in [1.807, 2.05) is 91.0 Å². The van der Waals surface area contributed by atoms with E-state index in [0.29, 0.717) is 0 Å². The number of benzene rings is 3. The molecule has 1 aliphatic heterocycles. The highest BCUT2D eigenvalue weighted by Gasteiger charge is 2.51. The van der Waals surface area contributed by atoms with Gasteiger partial charge in [-0.1, -0.05) is 91.0 Å². The van der Waals surface area contributed by atoms with Crippen LogP contribution < -0.4 is 15.6 Å². The Kier molecular flexibility index (Phi) is 9.31. The largest absolute Gasteiger partial charge is 0.480 e. The highest BCUT2D eigenvalue weighted by atomic mass is 28.4. The van der Waals surface area contributed by atoms with Gasteiger partial charge >= 0.3 is 18.2 Å². The van der Waals surface area contributed by atoms with Crippen LogP contribution in [0.25, 0.3) is 0 Å². The lowest BCUT2D eigenvalue weighted by atomic mass is 10.1. The minimum absolute atomic E-state index is 0.0743. The summed E-state index contributed by atoms with van der Waals surface area (Å²) in [6.45, 7) is 10.0. The van der Waals surface area contributed by atoms with Gasteiger partial charge in [0.15, 0.2) is 6.04 Å². The second-order valence-corrected chi connectivity index (χ2v) is 15.8. The Morgan fingerprint density at radius 2 is 1.09 bits per heavy atom. The second kappa shape index (κ2) is 12.6. The SMILES string of the molecule is CC(C)(C)OC(=O)N1C[C@@H](O[Si](c2ccccc2)(c2ccccc2)c2ccccc2)C[C@H](C(=O)O)N1C(=O)OC(C)(C)C. The molecule has 43 heavy (non-hydrogen) atoms. The number of hydrogen-bond acceptors (Lipinski definition) is 6. The summed E-state index contributed by atoms with van der Waals surface area (Å²) in [5.74, 6) is -1.29. The van der Waals surface area contributed by atoms with Gasteiger partial charge in [-0.15, -0.1) is 0 Å². The maximum Gasteiger partial charge on any atom is 0.430 e. The molecule has 0 unspecified atom stereocenters. The van der Waals surface area contributed by atoms with Crippen LogP contribution in [0.1, 0.15) is 48.0 Å². The predicted octanol–water partition coefficient (Wildman–Crippen LogP) is 4.28. The van der Waals surface area contributed by atoms with Gasteiger partial charge in [-0.05, 0) is 57.1 Å². The highest BCUT2D eigenvalue weighted by molar-refractivity contribution is 7.07. The zero-order valence-corrected chi connectivity index (χ0v) is 26.5. The molecule has 3 aromatic rings. The van der Waals surface area contributed by atoms with Crippen molar-refractivity contribution in [2.45, 2.75) is 71.3 Å². The van der Waals surface area contributed by atoms with Crippen molar-refractivity contribution in [2.24, 2.45) is 0 Å². The van der Waals surface area contributed by atoms with Crippen LogP contribution in [0, 0.1) is 0 Å². The Labute approximate surface area is 254 Å². The van der Waals surface area contributed by atoms with E-state index in [1.54, 1.807) is 41.5 Å². The van der Waals surface area contributed by atoms with Gasteiger partial charge in [0.05, 0.1) is 12.6 Å². The zero-order chi connectivity index (χ0) is 31.4. The number of carbonyl (C=O) groups excluding carboxylic acids is 2. The predicted molar refractivity (Wildman–Crippen MR) is 166 cm³/mol. The van der Waals surface area contributed by atoms with Crippen LogP contribution in [0.15, 0.2) is 91.0 Å². The third kappa shape index (κ3) is 7.44. The molecule has 3 aromatic carbocycles. The summed E-state index contributed by atoms with van der Waals surface area (Å²) in [7, 11) is -3.28. The number of nitrogens with zero attached hydrogens (tertiary/aromatic N) is 2. The number of hydrogen-bond donors (Lipinski definition) is 1. The molecule has 2 amide bonds. The molecule has 9 nitrogen and oxygen atoms in total. The van der Waals surface area contributed by atoms with Gasteiger partial charge < -0.3 is 19.0 Å². The first-order chi connectivity index (χ1) is 20.2. The van der Waals surface area contributed by atoms with Crippen LogP contribution in [0.4, 0.5) is 9.59 Å². The Bertz CT molecular complexity index is 1310. The summed E-state index contributed by atoms with van der Waals surface area (Å²) in [5.41, 5.74) is -1.83. The van der Waals surface area contributed by atoms with Crippen molar-refractivity contribution in [3.63, 3.8) is 0 Å². The fraction of sp³-hybridized carbons (Fsp3) is 0.364. The van der Waals surface area contributed by atoms with Crippen molar-refractivity contribution in [3.05, 3.63) is 91.0 Å². The molecule has 0 aliphatic carbocycles. The molecule has 10 heteroatoms. The van der Waals surface area contributed by atoms with Gasteiger partial charge in [-0.25, -0.2) is 19.4 Å². The second-order valence-electron chi connectivity index (χ2n) is 12.5. The van der Waals surface area contributed by atoms with Crippen molar-refractivity contribution in [1.29, 1.82) is 0 Å². The molecule has 1 fully saturated rings. The molecule has 228 valence electrons. The fourth-order valence-corrected chi connectivity index (χ4v) is 9.21. The van der Waals surface area contributed by atoms with E-state index < -0.39 is 49.8 Å². The van der Waals surface area contributed by atoms with Gasteiger partial charge in [0.25, 0.3) is 8.32 Å². The van der Waals surface area contributed by atoms with Gasteiger partial charge in [-0.3, -0.25) is 0 Å². The average molecular weight is 605 g/mol. The number of carboxylic acid groups (broad SMARTS) is 1. The Balaban J connectivity index is 1.86. The van der Waals surface area contributed by atoms with Crippen molar-refractivity contribution >= 4 is 42.0 Å². The molecule has 1 aliphatic rings. The first-order valence-electron chi connectivity index (χ1n) is 14.3. The van der Waals surface area contributed by atoms with Gasteiger partial charge in [-0.2, -0.15) is 5.01 Å². The lowest BCUT2D eigenvalue weighted by Gasteiger charge is -2.47. The number of ether oxygens (including phenoxy) is 2. The summed E-state index contributed by atoms with van der Waals surface area (Å²) >= 11 is 0. The number of rotatable bonds is 6. The molecule has 0 spiro atoms. The van der Waals surface area contributed by atoms with Crippen LogP contribution in [0.2, 0.25) is 0 Å². The van der Waals surface area contributed by atoms with Crippen molar-refractivity contribution in [1.82, 2.24) is 10.0 Å². The summed E-state index contributed by atoms with van der Waals surface area (Å²) in [4.78, 5) is 39.8. The van der Waals surface area contributed by atoms with Gasteiger partial charge in [0, 0.05) is 6.42 Å². The summed E-state index contributed by atoms with van der Waals surface area (Å²) < 4.78 is 18.4. The molecule has 2 atom stereocenters. The fourth-order valence-electron chi connectivity index (χ4n) is 5.15. The molecule has 0 radical (unpaired) electrons. The van der Waals surface area contributed by atoms with E-state index in [-0.39, 0.29) is 13.0 Å². The zero-order valence-electron chi connectivity index (χ0n) is 25.5. The summed E-state index contributed by atoms with van der Waals surface area (Å²) in [5, 5.41) is 15.1. The van der Waals surface area contributed by atoms with Crippen LogP contribution in [0.5, 0.6) is 0 Å². The number of carboxylic acids is 1. The maximum atomic E-state index is 13.6. The topological polar surface area (TPSA) is 106 Å². The van der Waals surface area contributed by atoms with Crippen LogP contribution in [0.3, 0.4) is 0 Å². The summed E-state index contributed by atoms with van der Waals surface area (Å²) in [6.07, 6.45) is -2.68. The lowest BCUT2D eigenvalue weighted by molar-refractivity contribution is -0.161. The van der Waals surface area contributed by atoms with Crippen molar-refractivity contribution in [3.8, 4) is 0 Å². The monoisotopic (exact) mass is 604 g/mol. The first-order valence-corrected chi connectivity index (χ1v) is 16.2. The molecular formula is C33H40N2O7Si. The van der Waals surface area contributed by atoms with E-state index in [1.165, 1.54) is 0 Å². The number of carbonyl (C=O) groups is 3. The van der Waals surface area contributed by atoms with E-state index in [9.17, 15) is 19.5 Å². The number of amides is 2. The molecule has 0 bridgehead atoms. The standard InChI is InChI=1S/C33H40N2O7Si/c1-32(2,3)40-30(38)34-23-24(22-28(29(36)37)35(34)31(39)41-33(4,5)6)42-43(25-16-10-7-11-17-25,26-18-12-8-13-19-26)27-20-14-9-15-21-27/h7-21,24,28H,22-23H2,1-6H3,(H,36,37)/t24-,28+/m0/s1. The Hall–Kier alpha value is -4.15. The molecule has 0 aromatic heterocycles. The molecule has 0 saturated carbocycles. The van der Waals surface area contributed by atoms with Crippen LogP contribution in [-0.4, -0.2) is 71.5 Å². The first kappa shape index (κ1) is 31.8. The smallest absolute Gasteiger partial charge is 0.430 e. The Morgan fingerprint density at radius 1 is 0.698 bits per heavy atom. The van der Waals surface area contributed by atoms with E-state index in [4.69, 9.17) is 13.9 Å². The third-order valence-electron chi connectivity index (χ3n) is 6.77. The van der Waals surface area contributed by atoms with E-state index in [0.717, 1.165) is 25.6 Å². The van der Waals surface area contributed by atoms with Gasteiger partial charge in [0.1, 0.15) is 11.2 Å². The van der Waals surface area contributed by atoms with Crippen LogP contribution >= 0.6 is 0 Å². The Morgan fingerprint density at radius 3 is 1.47 bits per heavy atom. The quantitative estimate of drug-likeness (QED) is 0.331. The highest BCUT2D eigenvalue weighted by Crippen LogP contribution is 2.28. The number of hydrazine groups is 1. The van der Waals surface area contributed by atoms with Gasteiger partial charge in [0.2, 0.25) is 0 Å². The van der Waals surface area contributed by atoms with Crippen LogP contribution in [-0.2, 0) is 18.7 Å². The summed E-state index contributed by atoms with van der Waals surface area (Å²) in [6, 6.07) is 28.1. The normalized spacial score (nSPS) is 17.7. The van der Waals surface area contributed by atoms with E-state index >= 15 is 0 Å². The average Bonchev–Trinajstić information content (AvgIpc) is 2.95. The van der Waals surface area contributed by atoms with Crippen molar-refractivity contribution in [2.75, 3.05) is 6.54 Å².